The zero-order valence-corrected chi connectivity index (χ0v) is 7.16. The predicted octanol–water partition coefficient (Wildman–Crippen LogP) is 0.630. The van der Waals surface area contributed by atoms with Crippen molar-refractivity contribution < 1.29 is 9.84 Å². The fourth-order valence-corrected chi connectivity index (χ4v) is 1.55. The molecule has 0 bridgehead atoms. The molecule has 0 aromatic heterocycles. The van der Waals surface area contributed by atoms with Crippen molar-refractivity contribution in [2.45, 2.75) is 26.1 Å². The zero-order chi connectivity index (χ0) is 8.27. The Kier molecular flexibility index (Phi) is 3.30. The van der Waals surface area contributed by atoms with E-state index in [4.69, 9.17) is 9.84 Å². The summed E-state index contributed by atoms with van der Waals surface area (Å²) < 4.78 is 5.53. The summed E-state index contributed by atoms with van der Waals surface area (Å²) in [7, 11) is 0. The lowest BCUT2D eigenvalue weighted by atomic mass is 10.2. The van der Waals surface area contributed by atoms with E-state index in [-0.39, 0.29) is 0 Å². The summed E-state index contributed by atoms with van der Waals surface area (Å²) in [6.45, 7) is 7.80. The van der Waals surface area contributed by atoms with E-state index in [0.29, 0.717) is 18.8 Å². The molecule has 0 amide bonds. The van der Waals surface area contributed by atoms with Crippen molar-refractivity contribution in [2.24, 2.45) is 0 Å². The molecule has 1 rings (SSSR count). The normalized spacial score (nSPS) is 34.1. The molecular formula is C8H16NO2. The molecule has 0 aliphatic carbocycles. The Bertz CT molecular complexity index is 109. The van der Waals surface area contributed by atoms with Gasteiger partial charge < -0.3 is 9.84 Å². The molecule has 2 atom stereocenters. The molecule has 1 N–H and O–H groups in total. The van der Waals surface area contributed by atoms with E-state index < -0.39 is 0 Å². The smallest absolute Gasteiger partial charge is 0.0938 e. The van der Waals surface area contributed by atoms with E-state index in [0.717, 1.165) is 13.1 Å². The van der Waals surface area contributed by atoms with Crippen molar-refractivity contribution in [3.05, 3.63) is 6.61 Å². The van der Waals surface area contributed by atoms with Crippen LogP contribution in [0.5, 0.6) is 0 Å². The van der Waals surface area contributed by atoms with Crippen LogP contribution in [-0.4, -0.2) is 41.8 Å². The van der Waals surface area contributed by atoms with Crippen LogP contribution in [0, 0.1) is 6.61 Å². The van der Waals surface area contributed by atoms with Gasteiger partial charge in [0.15, 0.2) is 0 Å². The Morgan fingerprint density at radius 2 is 2.00 bits per heavy atom. The molecule has 0 saturated carbocycles. The first-order valence-corrected chi connectivity index (χ1v) is 4.06. The van der Waals surface area contributed by atoms with E-state index in [1.165, 1.54) is 6.61 Å². The minimum atomic E-state index is 0.290. The van der Waals surface area contributed by atoms with Crippen LogP contribution in [-0.2, 0) is 4.74 Å². The second-order valence-electron chi connectivity index (χ2n) is 3.16. The topological polar surface area (TPSA) is 32.7 Å². The fraction of sp³-hybridized carbons (Fsp3) is 0.875. The molecular weight excluding hydrogens is 142 g/mol. The molecule has 3 heteroatoms. The Labute approximate surface area is 68.0 Å². The van der Waals surface area contributed by atoms with Crippen LogP contribution in [0.1, 0.15) is 13.8 Å². The average Bonchev–Trinajstić information content (AvgIpc) is 1.85. The Hall–Kier alpha value is -0.120. The molecule has 1 saturated heterocycles. The second-order valence-corrected chi connectivity index (χ2v) is 3.16. The third-order valence-corrected chi connectivity index (χ3v) is 1.84. The second kappa shape index (κ2) is 4.04. The number of aliphatic hydroxyl groups is 1. The van der Waals surface area contributed by atoms with E-state index in [1.807, 2.05) is 0 Å². The predicted molar refractivity (Wildman–Crippen MR) is 42.7 cm³/mol. The average molecular weight is 158 g/mol. The van der Waals surface area contributed by atoms with Gasteiger partial charge in [-0.1, -0.05) is 0 Å². The van der Waals surface area contributed by atoms with Crippen LogP contribution in [0.3, 0.4) is 0 Å². The molecule has 0 aromatic rings. The van der Waals surface area contributed by atoms with Crippen molar-refractivity contribution in [2.75, 3.05) is 19.6 Å². The molecule has 0 spiro atoms. The maximum atomic E-state index is 8.58. The maximum Gasteiger partial charge on any atom is 0.0938 e. The lowest BCUT2D eigenvalue weighted by Crippen LogP contribution is -2.45. The van der Waals surface area contributed by atoms with Crippen molar-refractivity contribution in [1.82, 2.24) is 4.90 Å². The molecule has 1 heterocycles. The molecule has 1 fully saturated rings. The highest BCUT2D eigenvalue weighted by Crippen LogP contribution is 2.09. The molecule has 65 valence electrons. The molecule has 3 nitrogen and oxygen atoms in total. The monoisotopic (exact) mass is 158 g/mol. The van der Waals surface area contributed by atoms with Gasteiger partial charge in [0, 0.05) is 19.6 Å². The first-order valence-electron chi connectivity index (χ1n) is 4.06. The Balaban J connectivity index is 2.30. The fourth-order valence-electron chi connectivity index (χ4n) is 1.55. The number of aliphatic hydroxyl groups excluding tert-OH is 1. The minimum absolute atomic E-state index is 0.290. The quantitative estimate of drug-likeness (QED) is 0.639. The molecule has 1 radical (unpaired) electrons. The number of hydrogen-bond acceptors (Lipinski definition) is 3. The van der Waals surface area contributed by atoms with Crippen LogP contribution in [0.25, 0.3) is 0 Å². The molecule has 0 aromatic carbocycles. The maximum absolute atomic E-state index is 8.58. The number of ether oxygens (including phenoxy) is 1. The zero-order valence-electron chi connectivity index (χ0n) is 7.16. The van der Waals surface area contributed by atoms with E-state index in [9.17, 15) is 0 Å². The third kappa shape index (κ3) is 2.77. The lowest BCUT2D eigenvalue weighted by Gasteiger charge is -2.34. The number of hydrogen-bond donors (Lipinski definition) is 1. The van der Waals surface area contributed by atoms with E-state index >= 15 is 0 Å². The van der Waals surface area contributed by atoms with E-state index in [2.05, 4.69) is 18.7 Å². The van der Waals surface area contributed by atoms with Gasteiger partial charge in [0.1, 0.15) is 0 Å². The molecule has 0 unspecified atom stereocenters. The van der Waals surface area contributed by atoms with Gasteiger partial charge in [0.05, 0.1) is 18.8 Å². The van der Waals surface area contributed by atoms with Crippen molar-refractivity contribution in [3.8, 4) is 0 Å². The first-order chi connectivity index (χ1) is 5.22. The lowest BCUT2D eigenvalue weighted by molar-refractivity contribution is -0.0676. The summed E-state index contributed by atoms with van der Waals surface area (Å²) in [6, 6.07) is 0. The number of rotatable bonds is 2. The molecule has 1 aliphatic heterocycles. The van der Waals surface area contributed by atoms with Crippen LogP contribution >= 0.6 is 0 Å². The standard InChI is InChI=1S/C8H16NO2/c1-7-5-9(3-4-10)6-8(2)11-7/h4,7-8,10H,3,5-6H2,1-2H3/t7-,8+. The summed E-state index contributed by atoms with van der Waals surface area (Å²) in [6.07, 6.45) is 0.581. The van der Waals surface area contributed by atoms with Gasteiger partial charge in [0.2, 0.25) is 0 Å². The van der Waals surface area contributed by atoms with Gasteiger partial charge in [-0.15, -0.1) is 0 Å². The third-order valence-electron chi connectivity index (χ3n) is 1.84. The Morgan fingerprint density at radius 3 is 2.45 bits per heavy atom. The number of nitrogens with zero attached hydrogens (tertiary/aromatic N) is 1. The Morgan fingerprint density at radius 1 is 1.45 bits per heavy atom. The first kappa shape index (κ1) is 8.97. The van der Waals surface area contributed by atoms with Gasteiger partial charge in [-0.25, -0.2) is 0 Å². The largest absolute Gasteiger partial charge is 0.389 e. The van der Waals surface area contributed by atoms with Gasteiger partial charge in [-0.2, -0.15) is 0 Å². The van der Waals surface area contributed by atoms with Crippen LogP contribution in [0.4, 0.5) is 0 Å². The van der Waals surface area contributed by atoms with Gasteiger partial charge in [-0.05, 0) is 13.8 Å². The van der Waals surface area contributed by atoms with Crippen molar-refractivity contribution in [3.63, 3.8) is 0 Å². The summed E-state index contributed by atoms with van der Waals surface area (Å²) in [5.41, 5.74) is 0. The molecule has 11 heavy (non-hydrogen) atoms. The van der Waals surface area contributed by atoms with Crippen LogP contribution in [0.15, 0.2) is 0 Å². The highest BCUT2D eigenvalue weighted by molar-refractivity contribution is 4.74. The highest BCUT2D eigenvalue weighted by Gasteiger charge is 2.21. The van der Waals surface area contributed by atoms with Crippen molar-refractivity contribution in [1.29, 1.82) is 0 Å². The molecule has 1 aliphatic rings. The SMILES string of the molecule is C[C@@H]1CN(C[CH]O)C[C@H](C)O1. The summed E-state index contributed by atoms with van der Waals surface area (Å²) in [5.74, 6) is 0. The summed E-state index contributed by atoms with van der Waals surface area (Å²) >= 11 is 0. The van der Waals surface area contributed by atoms with Gasteiger partial charge in [0.25, 0.3) is 0 Å². The van der Waals surface area contributed by atoms with Gasteiger partial charge >= 0.3 is 0 Å². The summed E-state index contributed by atoms with van der Waals surface area (Å²) in [4.78, 5) is 2.18. The van der Waals surface area contributed by atoms with E-state index in [1.54, 1.807) is 0 Å². The number of morpholine rings is 1. The summed E-state index contributed by atoms with van der Waals surface area (Å²) in [5, 5.41) is 8.58. The van der Waals surface area contributed by atoms with Crippen LogP contribution < -0.4 is 0 Å². The van der Waals surface area contributed by atoms with Crippen LogP contribution in [0.2, 0.25) is 0 Å². The minimum Gasteiger partial charge on any atom is -0.389 e. The highest BCUT2D eigenvalue weighted by atomic mass is 16.5. The van der Waals surface area contributed by atoms with Gasteiger partial charge in [-0.3, -0.25) is 4.90 Å². The van der Waals surface area contributed by atoms with Crippen molar-refractivity contribution >= 4 is 0 Å².